The average Bonchev–Trinajstić information content (AvgIpc) is 2.99. The van der Waals surface area contributed by atoms with Crippen LogP contribution in [0.3, 0.4) is 0 Å². The second-order valence-electron chi connectivity index (χ2n) is 11.3. The number of nitrogens with zero attached hydrogens (tertiary/aromatic N) is 6. The second kappa shape index (κ2) is 14.1. The number of anilines is 1. The number of hydrogen-bond acceptors (Lipinski definition) is 7. The van der Waals surface area contributed by atoms with Crippen molar-refractivity contribution >= 4 is 17.5 Å². The number of amides is 2. The van der Waals surface area contributed by atoms with E-state index >= 15 is 0 Å². The molecule has 3 aromatic rings. The Hall–Kier alpha value is -4.29. The Bertz CT molecular complexity index is 1400. The maximum Gasteiger partial charge on any atom is 0.254 e. The fourth-order valence-corrected chi connectivity index (χ4v) is 5.65. The van der Waals surface area contributed by atoms with Gasteiger partial charge in [0.25, 0.3) is 11.8 Å². The van der Waals surface area contributed by atoms with Crippen LogP contribution >= 0.6 is 0 Å². The Balaban J connectivity index is 1.39. The van der Waals surface area contributed by atoms with Gasteiger partial charge in [0.05, 0.1) is 28.6 Å². The average molecular weight is 568 g/mol. The maximum absolute atomic E-state index is 12.7. The molecule has 1 aliphatic rings. The normalized spacial score (nSPS) is 14.6. The summed E-state index contributed by atoms with van der Waals surface area (Å²) in [7, 11) is 3.51. The largest absolute Gasteiger partial charge is 0.364 e. The van der Waals surface area contributed by atoms with Crippen LogP contribution in [0.5, 0.6) is 0 Å². The molecule has 1 N–H and O–H groups in total. The van der Waals surface area contributed by atoms with Gasteiger partial charge in [-0.15, -0.1) is 0 Å². The fourth-order valence-electron chi connectivity index (χ4n) is 5.65. The third-order valence-electron chi connectivity index (χ3n) is 8.13. The van der Waals surface area contributed by atoms with E-state index < -0.39 is 0 Å². The van der Waals surface area contributed by atoms with E-state index in [2.05, 4.69) is 44.1 Å². The van der Waals surface area contributed by atoms with Crippen LogP contribution in [0.4, 0.5) is 5.69 Å². The lowest BCUT2D eigenvalue weighted by Gasteiger charge is -2.42. The summed E-state index contributed by atoms with van der Waals surface area (Å²) in [5.41, 5.74) is 5.42. The second-order valence-corrected chi connectivity index (χ2v) is 11.3. The molecule has 0 aliphatic carbocycles. The van der Waals surface area contributed by atoms with Crippen LogP contribution in [0.1, 0.15) is 69.4 Å². The molecule has 4 rings (SSSR count). The molecule has 0 radical (unpaired) electrons. The third kappa shape index (κ3) is 7.51. The summed E-state index contributed by atoms with van der Waals surface area (Å²) in [6.07, 6.45) is 4.33. The molecule has 9 nitrogen and oxygen atoms in total. The first-order chi connectivity index (χ1) is 20.2. The summed E-state index contributed by atoms with van der Waals surface area (Å²) >= 11 is 0. The lowest BCUT2D eigenvalue weighted by atomic mass is 9.98. The highest BCUT2D eigenvalue weighted by atomic mass is 16.2. The SMILES string of the molecule is Cc1ncnc(C)c1C(=O)NCCC(C)N1CCC(N(Cc2cccc(C#N)c2)c2ccc(C(=O)N(C)C)cc2)CC1. The molecule has 1 aromatic heterocycles. The van der Waals surface area contributed by atoms with Gasteiger partial charge in [-0.2, -0.15) is 5.26 Å². The zero-order valence-corrected chi connectivity index (χ0v) is 25.3. The van der Waals surface area contributed by atoms with Crippen LogP contribution in [-0.4, -0.2) is 77.4 Å². The predicted molar refractivity (Wildman–Crippen MR) is 164 cm³/mol. The summed E-state index contributed by atoms with van der Waals surface area (Å²) in [5, 5.41) is 12.5. The van der Waals surface area contributed by atoms with E-state index in [0.717, 1.165) is 43.6 Å². The van der Waals surface area contributed by atoms with Crippen molar-refractivity contribution in [3.8, 4) is 6.07 Å². The molecule has 1 atom stereocenters. The molecule has 42 heavy (non-hydrogen) atoms. The number of aryl methyl sites for hydroxylation is 2. The number of aromatic nitrogens is 2. The van der Waals surface area contributed by atoms with Gasteiger partial charge >= 0.3 is 0 Å². The molecule has 0 saturated carbocycles. The standard InChI is InChI=1S/C33H41N7O2/c1-23(13-16-35-32(41)31-24(2)36-22-37-25(31)3)39-17-14-30(15-18-39)40(21-27-8-6-7-26(19-27)20-34)29-11-9-28(10-12-29)33(42)38(4)5/h6-12,19,22-23,30H,13-18,21H2,1-5H3,(H,35,41). The number of rotatable bonds is 10. The quantitative estimate of drug-likeness (QED) is 0.388. The van der Waals surface area contributed by atoms with Crippen molar-refractivity contribution in [2.24, 2.45) is 0 Å². The smallest absolute Gasteiger partial charge is 0.254 e. The molecule has 1 aliphatic heterocycles. The Morgan fingerprint density at radius 2 is 1.74 bits per heavy atom. The van der Waals surface area contributed by atoms with Gasteiger partial charge in [-0.05, 0) is 82.0 Å². The first kappa shape index (κ1) is 30.7. The maximum atomic E-state index is 12.7. The van der Waals surface area contributed by atoms with Crippen molar-refractivity contribution in [3.05, 3.63) is 88.5 Å². The Kier molecular flexibility index (Phi) is 10.3. The number of nitrogens with one attached hydrogen (secondary N) is 1. The topological polar surface area (TPSA) is 105 Å². The van der Waals surface area contributed by atoms with E-state index in [4.69, 9.17) is 0 Å². The molecule has 2 aromatic carbocycles. The number of piperidine rings is 1. The van der Waals surface area contributed by atoms with Crippen LogP contribution in [0.15, 0.2) is 54.9 Å². The number of nitriles is 1. The summed E-state index contributed by atoms with van der Waals surface area (Å²) in [5.74, 6) is -0.137. The minimum absolute atomic E-state index is 0.0179. The lowest BCUT2D eigenvalue weighted by molar-refractivity contribution is 0.0827. The predicted octanol–water partition coefficient (Wildman–Crippen LogP) is 4.35. The van der Waals surface area contributed by atoms with Gasteiger partial charge in [0, 0.05) is 63.6 Å². The number of hydrogen-bond donors (Lipinski definition) is 1. The molecule has 1 fully saturated rings. The molecule has 1 saturated heterocycles. The molecule has 2 heterocycles. The highest BCUT2D eigenvalue weighted by molar-refractivity contribution is 5.96. The van der Waals surface area contributed by atoms with Crippen molar-refractivity contribution in [3.63, 3.8) is 0 Å². The number of carbonyl (C=O) groups is 2. The van der Waals surface area contributed by atoms with Gasteiger partial charge in [0.15, 0.2) is 0 Å². The molecule has 0 bridgehead atoms. The summed E-state index contributed by atoms with van der Waals surface area (Å²) in [6.45, 7) is 9.07. The van der Waals surface area contributed by atoms with E-state index in [9.17, 15) is 14.9 Å². The summed E-state index contributed by atoms with van der Waals surface area (Å²) < 4.78 is 0. The number of carbonyl (C=O) groups excluding carboxylic acids is 2. The van der Waals surface area contributed by atoms with Gasteiger partial charge in [-0.3, -0.25) is 9.59 Å². The molecule has 1 unspecified atom stereocenters. The highest BCUT2D eigenvalue weighted by Gasteiger charge is 2.28. The highest BCUT2D eigenvalue weighted by Crippen LogP contribution is 2.28. The van der Waals surface area contributed by atoms with Crippen molar-refractivity contribution < 1.29 is 9.59 Å². The Morgan fingerprint density at radius 1 is 1.07 bits per heavy atom. The Morgan fingerprint density at radius 3 is 2.36 bits per heavy atom. The van der Waals surface area contributed by atoms with Crippen LogP contribution in [0.2, 0.25) is 0 Å². The Labute approximate surface area is 249 Å². The monoisotopic (exact) mass is 567 g/mol. The van der Waals surface area contributed by atoms with E-state index in [1.54, 1.807) is 19.0 Å². The molecule has 9 heteroatoms. The van der Waals surface area contributed by atoms with Gasteiger partial charge in [0.1, 0.15) is 6.33 Å². The van der Waals surface area contributed by atoms with E-state index in [-0.39, 0.29) is 11.8 Å². The molecular formula is C33H41N7O2. The first-order valence-electron chi connectivity index (χ1n) is 14.6. The van der Waals surface area contributed by atoms with Crippen LogP contribution < -0.4 is 10.2 Å². The summed E-state index contributed by atoms with van der Waals surface area (Å²) in [6, 6.07) is 18.5. The van der Waals surface area contributed by atoms with E-state index in [1.165, 1.54) is 6.33 Å². The molecule has 2 amide bonds. The van der Waals surface area contributed by atoms with Crippen LogP contribution in [0, 0.1) is 25.2 Å². The van der Waals surface area contributed by atoms with Gasteiger partial charge < -0.3 is 20.0 Å². The van der Waals surface area contributed by atoms with Crippen LogP contribution in [-0.2, 0) is 6.54 Å². The zero-order valence-electron chi connectivity index (χ0n) is 25.3. The minimum Gasteiger partial charge on any atom is -0.364 e. The molecule has 220 valence electrons. The third-order valence-corrected chi connectivity index (χ3v) is 8.13. The fraction of sp³-hybridized carbons (Fsp3) is 0.424. The van der Waals surface area contributed by atoms with Gasteiger partial charge in [-0.25, -0.2) is 9.97 Å². The zero-order chi connectivity index (χ0) is 30.2. The van der Waals surface area contributed by atoms with Crippen molar-refractivity contribution in [1.29, 1.82) is 5.26 Å². The molecule has 0 spiro atoms. The van der Waals surface area contributed by atoms with Crippen molar-refractivity contribution in [1.82, 2.24) is 25.1 Å². The van der Waals surface area contributed by atoms with Crippen molar-refractivity contribution in [2.45, 2.75) is 58.7 Å². The van der Waals surface area contributed by atoms with Crippen LogP contribution in [0.25, 0.3) is 0 Å². The summed E-state index contributed by atoms with van der Waals surface area (Å²) in [4.78, 5) is 40.0. The van der Waals surface area contributed by atoms with Gasteiger partial charge in [-0.1, -0.05) is 12.1 Å². The first-order valence-corrected chi connectivity index (χ1v) is 14.6. The van der Waals surface area contributed by atoms with E-state index in [1.807, 2.05) is 56.3 Å². The lowest BCUT2D eigenvalue weighted by Crippen LogP contribution is -2.48. The van der Waals surface area contributed by atoms with Gasteiger partial charge in [0.2, 0.25) is 0 Å². The van der Waals surface area contributed by atoms with E-state index in [0.29, 0.717) is 53.3 Å². The molecular weight excluding hydrogens is 526 g/mol. The van der Waals surface area contributed by atoms with Crippen molar-refractivity contribution in [2.75, 3.05) is 38.6 Å². The number of likely N-dealkylation sites (tertiary alicyclic amines) is 1. The minimum atomic E-state index is -0.120. The number of benzene rings is 2.